The molecular weight excluding hydrogens is 292 g/mol. The van der Waals surface area contributed by atoms with E-state index in [0.29, 0.717) is 10.8 Å². The van der Waals surface area contributed by atoms with Crippen LogP contribution in [0.4, 0.5) is 5.82 Å². The van der Waals surface area contributed by atoms with Crippen molar-refractivity contribution in [2.75, 3.05) is 11.4 Å². The van der Waals surface area contributed by atoms with Gasteiger partial charge in [0, 0.05) is 31.5 Å². The van der Waals surface area contributed by atoms with Gasteiger partial charge in [-0.2, -0.15) is 5.10 Å². The number of aryl methyl sites for hydroxylation is 1. The fourth-order valence-electron chi connectivity index (χ4n) is 2.74. The van der Waals surface area contributed by atoms with Crippen LogP contribution in [0.15, 0.2) is 24.7 Å². The molecule has 1 saturated heterocycles. The molecule has 1 N–H and O–H groups in total. The molecule has 2 aromatic rings. The predicted octanol–water partition coefficient (Wildman–Crippen LogP) is 2.51. The van der Waals surface area contributed by atoms with Gasteiger partial charge in [-0.15, -0.1) is 0 Å². The second-order valence-electron chi connectivity index (χ2n) is 5.13. The van der Waals surface area contributed by atoms with Gasteiger partial charge in [-0.25, -0.2) is 9.78 Å². The third-order valence-corrected chi connectivity index (χ3v) is 3.98. The Morgan fingerprint density at radius 1 is 1.48 bits per heavy atom. The second-order valence-corrected chi connectivity index (χ2v) is 5.54. The van der Waals surface area contributed by atoms with E-state index in [1.165, 1.54) is 12.3 Å². The molecule has 1 atom stereocenters. The molecule has 0 spiro atoms. The first kappa shape index (κ1) is 13.9. The minimum absolute atomic E-state index is 0.0980. The summed E-state index contributed by atoms with van der Waals surface area (Å²) in [4.78, 5) is 17.3. The summed E-state index contributed by atoms with van der Waals surface area (Å²) in [5, 5.41) is 13.5. The van der Waals surface area contributed by atoms with Gasteiger partial charge in [-0.3, -0.25) is 4.68 Å². The fourth-order valence-corrected chi connectivity index (χ4v) is 3.01. The summed E-state index contributed by atoms with van der Waals surface area (Å²) >= 11 is 6.22. The van der Waals surface area contributed by atoms with Gasteiger partial charge in [0.2, 0.25) is 0 Å². The summed E-state index contributed by atoms with van der Waals surface area (Å²) in [6.07, 6.45) is 7.23. The van der Waals surface area contributed by atoms with Crippen LogP contribution in [0.1, 0.15) is 34.8 Å². The molecular formula is C14H15ClN4O2. The number of pyridine rings is 1. The van der Waals surface area contributed by atoms with Gasteiger partial charge in [0.05, 0.1) is 22.8 Å². The molecule has 1 fully saturated rings. The van der Waals surface area contributed by atoms with E-state index < -0.39 is 5.97 Å². The van der Waals surface area contributed by atoms with Crippen molar-refractivity contribution in [2.24, 2.45) is 7.05 Å². The number of carboxylic acids is 1. The van der Waals surface area contributed by atoms with E-state index >= 15 is 0 Å². The number of halogens is 1. The summed E-state index contributed by atoms with van der Waals surface area (Å²) in [5.74, 6) is -0.394. The van der Waals surface area contributed by atoms with E-state index in [1.54, 1.807) is 4.68 Å². The highest BCUT2D eigenvalue weighted by Crippen LogP contribution is 2.38. The van der Waals surface area contributed by atoms with E-state index in [4.69, 9.17) is 16.7 Å². The number of aromatic carboxylic acids is 1. The maximum absolute atomic E-state index is 11.0. The Labute approximate surface area is 127 Å². The standard InChI is InChI=1S/C14H15ClN4O2/c1-18-8-10(7-17-18)12-3-2-4-19(12)13-11(15)5-9(6-16-13)14(20)21/h5-8,12H,2-4H2,1H3,(H,20,21). The zero-order valence-corrected chi connectivity index (χ0v) is 12.3. The summed E-state index contributed by atoms with van der Waals surface area (Å²) in [6.45, 7) is 0.846. The largest absolute Gasteiger partial charge is 0.478 e. The minimum atomic E-state index is -1.03. The van der Waals surface area contributed by atoms with Crippen molar-refractivity contribution < 1.29 is 9.90 Å². The fraction of sp³-hybridized carbons (Fsp3) is 0.357. The summed E-state index contributed by atoms with van der Waals surface area (Å²) in [5.41, 5.74) is 1.22. The molecule has 1 aliphatic heterocycles. The lowest BCUT2D eigenvalue weighted by atomic mass is 10.1. The maximum atomic E-state index is 11.0. The van der Waals surface area contributed by atoms with Crippen LogP contribution in [0.25, 0.3) is 0 Å². The molecule has 6 nitrogen and oxygen atoms in total. The summed E-state index contributed by atoms with van der Waals surface area (Å²) in [7, 11) is 1.88. The van der Waals surface area contributed by atoms with Gasteiger partial charge in [0.1, 0.15) is 5.82 Å². The van der Waals surface area contributed by atoms with E-state index in [2.05, 4.69) is 15.0 Å². The number of carbonyl (C=O) groups is 1. The topological polar surface area (TPSA) is 71.2 Å². The maximum Gasteiger partial charge on any atom is 0.337 e. The average molecular weight is 307 g/mol. The van der Waals surface area contributed by atoms with Crippen molar-refractivity contribution in [3.05, 3.63) is 40.8 Å². The first-order valence-corrected chi connectivity index (χ1v) is 7.08. The molecule has 0 aliphatic carbocycles. The first-order chi connectivity index (χ1) is 10.1. The number of rotatable bonds is 3. The van der Waals surface area contributed by atoms with Crippen molar-refractivity contribution in [2.45, 2.75) is 18.9 Å². The molecule has 0 saturated carbocycles. The molecule has 3 rings (SSSR count). The van der Waals surface area contributed by atoms with Crippen molar-refractivity contribution in [1.82, 2.24) is 14.8 Å². The zero-order chi connectivity index (χ0) is 15.0. The Balaban J connectivity index is 1.93. The third kappa shape index (κ3) is 2.58. The average Bonchev–Trinajstić information content (AvgIpc) is 3.06. The Kier molecular flexibility index (Phi) is 3.55. The first-order valence-electron chi connectivity index (χ1n) is 6.70. The Morgan fingerprint density at radius 3 is 2.90 bits per heavy atom. The molecule has 1 unspecified atom stereocenters. The van der Waals surface area contributed by atoms with Gasteiger partial charge in [0.25, 0.3) is 0 Å². The monoisotopic (exact) mass is 306 g/mol. The van der Waals surface area contributed by atoms with Crippen LogP contribution >= 0.6 is 11.6 Å². The van der Waals surface area contributed by atoms with Crippen molar-refractivity contribution >= 4 is 23.4 Å². The van der Waals surface area contributed by atoms with Crippen molar-refractivity contribution in [3.63, 3.8) is 0 Å². The van der Waals surface area contributed by atoms with Crippen LogP contribution in [0, 0.1) is 0 Å². The molecule has 2 aromatic heterocycles. The van der Waals surface area contributed by atoms with Gasteiger partial charge >= 0.3 is 5.97 Å². The number of anilines is 1. The molecule has 3 heterocycles. The Morgan fingerprint density at radius 2 is 2.29 bits per heavy atom. The molecule has 110 valence electrons. The number of hydrogen-bond acceptors (Lipinski definition) is 4. The van der Waals surface area contributed by atoms with Gasteiger partial charge in [0.15, 0.2) is 0 Å². The van der Waals surface area contributed by atoms with Crippen LogP contribution in [0.2, 0.25) is 5.02 Å². The lowest BCUT2D eigenvalue weighted by Crippen LogP contribution is -2.23. The van der Waals surface area contributed by atoms with Crippen molar-refractivity contribution in [3.8, 4) is 0 Å². The Bertz CT molecular complexity index is 685. The highest BCUT2D eigenvalue weighted by molar-refractivity contribution is 6.33. The number of carboxylic acid groups (broad SMARTS) is 1. The smallest absolute Gasteiger partial charge is 0.337 e. The van der Waals surface area contributed by atoms with E-state index in [9.17, 15) is 4.79 Å². The third-order valence-electron chi connectivity index (χ3n) is 3.70. The van der Waals surface area contributed by atoms with Crippen LogP contribution in [-0.2, 0) is 7.05 Å². The van der Waals surface area contributed by atoms with Crippen LogP contribution < -0.4 is 4.90 Å². The normalized spacial score (nSPS) is 18.2. The molecule has 0 aromatic carbocycles. The SMILES string of the molecule is Cn1cc(C2CCCN2c2ncc(C(=O)O)cc2Cl)cn1. The van der Waals surface area contributed by atoms with Crippen molar-refractivity contribution in [1.29, 1.82) is 0 Å². The molecule has 0 bridgehead atoms. The number of hydrogen-bond donors (Lipinski definition) is 1. The summed E-state index contributed by atoms with van der Waals surface area (Å²) < 4.78 is 1.77. The number of nitrogens with zero attached hydrogens (tertiary/aromatic N) is 4. The van der Waals surface area contributed by atoms with Gasteiger partial charge in [-0.1, -0.05) is 11.6 Å². The van der Waals surface area contributed by atoms with Crippen LogP contribution in [0.3, 0.4) is 0 Å². The molecule has 7 heteroatoms. The lowest BCUT2D eigenvalue weighted by Gasteiger charge is -2.25. The lowest BCUT2D eigenvalue weighted by molar-refractivity contribution is 0.0696. The Hall–Kier alpha value is -2.08. The molecule has 0 radical (unpaired) electrons. The summed E-state index contributed by atoms with van der Waals surface area (Å²) in [6, 6.07) is 1.63. The molecule has 0 amide bonds. The van der Waals surface area contributed by atoms with Crippen LogP contribution in [0.5, 0.6) is 0 Å². The molecule has 1 aliphatic rings. The second kappa shape index (κ2) is 5.37. The minimum Gasteiger partial charge on any atom is -0.478 e. The van der Waals surface area contributed by atoms with E-state index in [0.717, 1.165) is 24.9 Å². The highest BCUT2D eigenvalue weighted by atomic mass is 35.5. The highest BCUT2D eigenvalue weighted by Gasteiger charge is 2.29. The predicted molar refractivity (Wildman–Crippen MR) is 78.7 cm³/mol. The molecule has 21 heavy (non-hydrogen) atoms. The zero-order valence-electron chi connectivity index (χ0n) is 11.5. The number of aromatic nitrogens is 3. The van der Waals surface area contributed by atoms with E-state index in [1.807, 2.05) is 19.4 Å². The van der Waals surface area contributed by atoms with E-state index in [-0.39, 0.29) is 11.6 Å². The quantitative estimate of drug-likeness (QED) is 0.943. The van der Waals surface area contributed by atoms with Gasteiger partial charge < -0.3 is 10.0 Å². The van der Waals surface area contributed by atoms with Crippen LogP contribution in [-0.4, -0.2) is 32.4 Å². The van der Waals surface area contributed by atoms with Gasteiger partial charge in [-0.05, 0) is 18.9 Å².